The van der Waals surface area contributed by atoms with Crippen molar-refractivity contribution in [3.8, 4) is 17.2 Å². The van der Waals surface area contributed by atoms with Gasteiger partial charge in [0.2, 0.25) is 0 Å². The number of carbonyl (C=O) groups excluding carboxylic acids is 6. The number of oxime groups is 3. The van der Waals surface area contributed by atoms with Crippen LogP contribution in [0.3, 0.4) is 0 Å². The van der Waals surface area contributed by atoms with Crippen molar-refractivity contribution in [3.05, 3.63) is 121 Å². The average Bonchev–Trinajstić information content (AvgIpc) is 0.903. The maximum Gasteiger partial charge on any atom is 0.418 e. The molecule has 136 heavy (non-hydrogen) atoms. The predicted octanol–water partition coefficient (Wildman–Crippen LogP) is -1.78. The first-order valence-corrected chi connectivity index (χ1v) is 48.3. The van der Waals surface area contributed by atoms with E-state index in [2.05, 4.69) is 84.2 Å². The minimum absolute atomic E-state index is 0.0269. The molecule has 0 aliphatic carbocycles. The van der Waals surface area contributed by atoms with Gasteiger partial charge in [0.05, 0.1) is 29.3 Å². The summed E-state index contributed by atoms with van der Waals surface area (Å²) in [6.07, 6.45) is 7.16. The van der Waals surface area contributed by atoms with E-state index in [4.69, 9.17) is 94.0 Å². The number of ether oxygens (including phenoxy) is 3. The summed E-state index contributed by atoms with van der Waals surface area (Å²) in [5.41, 5.74) is 54.0. The molecular formula is C77H107N29O24S6. The molecule has 0 saturated carbocycles. The summed E-state index contributed by atoms with van der Waals surface area (Å²) in [5, 5.41) is 25.5. The number of hydroxylamine groups is 6. The zero-order chi connectivity index (χ0) is 99.0. The monoisotopic (exact) mass is 2010 g/mol. The lowest BCUT2D eigenvalue weighted by atomic mass is 9.84. The number of nitrogens with two attached hydrogens (primary N) is 9. The Bertz CT molecular complexity index is 5670. The third kappa shape index (κ3) is 28.7. The van der Waals surface area contributed by atoms with Crippen molar-refractivity contribution in [3.63, 3.8) is 0 Å². The first-order valence-electron chi connectivity index (χ1n) is 41.6. The molecule has 6 aromatic rings. The predicted molar refractivity (Wildman–Crippen MR) is 499 cm³/mol. The summed E-state index contributed by atoms with van der Waals surface area (Å²) in [5.74, 6) is -1.80. The minimum atomic E-state index is -4.95. The number of aliphatic imine (C=N–C) groups is 5. The van der Waals surface area contributed by atoms with Crippen LogP contribution in [0.2, 0.25) is 0 Å². The molecule has 9 heterocycles. The number of thiazole rings is 3. The van der Waals surface area contributed by atoms with Crippen LogP contribution in [0.5, 0.6) is 17.2 Å². The van der Waals surface area contributed by atoms with E-state index in [1.807, 2.05) is 69.3 Å². The molecule has 53 nitrogen and oxygen atoms in total. The molecule has 6 amide bonds. The van der Waals surface area contributed by atoms with Crippen LogP contribution < -0.4 is 81.8 Å². The van der Waals surface area contributed by atoms with Gasteiger partial charge in [-0.1, -0.05) is 33.7 Å². The largest absolute Gasteiger partial charge is 0.490 e. The zero-order valence-electron chi connectivity index (χ0n) is 74.4. The highest BCUT2D eigenvalue weighted by atomic mass is 32.3. The number of nitrogens with one attached hydrogen (secondary N) is 3. The highest BCUT2D eigenvalue weighted by molar-refractivity contribution is 7.81. The number of rotatable bonds is 41. The molecule has 740 valence electrons. The second kappa shape index (κ2) is 46.9. The molecule has 6 aliphatic rings. The first-order chi connectivity index (χ1) is 64.4. The van der Waals surface area contributed by atoms with Crippen molar-refractivity contribution in [2.75, 3.05) is 116 Å². The number of benzene rings is 3. The number of hydrogen-bond donors (Lipinski definition) is 15. The fourth-order valence-corrected chi connectivity index (χ4v) is 16.9. The van der Waals surface area contributed by atoms with Gasteiger partial charge < -0.3 is 111 Å². The number of amides is 6. The highest BCUT2D eigenvalue weighted by Gasteiger charge is 2.61. The summed E-state index contributed by atoms with van der Waals surface area (Å²) in [4.78, 5) is 132. The molecule has 0 bridgehead atoms. The number of guanidine groups is 3. The highest BCUT2D eigenvalue weighted by Crippen LogP contribution is 2.37. The van der Waals surface area contributed by atoms with Gasteiger partial charge in [-0.25, -0.2) is 15.0 Å². The van der Waals surface area contributed by atoms with Gasteiger partial charge in [-0.15, -0.1) is 46.9 Å². The van der Waals surface area contributed by atoms with E-state index in [1.165, 1.54) is 70.4 Å². The molecule has 0 spiro atoms. The van der Waals surface area contributed by atoms with Crippen molar-refractivity contribution in [2.24, 2.45) is 74.8 Å². The van der Waals surface area contributed by atoms with E-state index < -0.39 is 101 Å². The molecule has 0 radical (unpaired) electrons. The molecule has 3 saturated heterocycles. The minimum Gasteiger partial charge on any atom is -0.490 e. The number of nitrogen functional groups attached to an aromatic ring is 3. The normalized spacial score (nSPS) is 18.4. The molecule has 12 rings (SSSR count). The summed E-state index contributed by atoms with van der Waals surface area (Å²) >= 11 is 3.20. The standard InChI is InChI=1S/2C26H36N10O8S2.C25H35N9O8S2/c2*1-26(2)21(23(38)36(26)44-46(39,40)41)33-22(37)20(19-14-45-25(29)32-19)34-43-11-10-42-18-5-4-17-13-35(9-6-16(17)12-18)24(28)31-8-3-7-30-15-27;1-25(2)20(22(36)34(25)42-44(37,38)39)31-21(35)19(18-14-43-24(28)30-18)32-41-11-10-40-17-5-4-16-13-33(9-6-15(16)12-17)23(27)29-8-3-7-26/h2*4-5,12,14-15,21H,3,6-11,13H2,1-2H3,(H2,27,30)(H2,28,31)(H2,29,32)(H,33,37)(H,39,40,41);4-5,12,14,20H,3,6-11,13,26H2,1-2H3,(H2,27,29)(H2,28,30)(H,31,35)(H,37,38,39)/b2*34-20-;32-19-/t2*21-;20-/m111/s1. The lowest BCUT2D eigenvalue weighted by Gasteiger charge is -2.50. The Morgan fingerprint density at radius 2 is 0.728 bits per heavy atom. The summed E-state index contributed by atoms with van der Waals surface area (Å²) in [6, 6.07) is 13.7. The molecule has 3 fully saturated rings. The number of fused-ring (bicyclic) bond motifs is 3. The lowest BCUT2D eigenvalue weighted by molar-refractivity contribution is -0.218. The quantitative estimate of drug-likeness (QED) is 0.00504. The molecule has 3 atom stereocenters. The van der Waals surface area contributed by atoms with Gasteiger partial charge in [-0.2, -0.15) is 40.4 Å². The number of hydrogen-bond acceptors (Lipinski definition) is 39. The number of anilines is 3. The summed E-state index contributed by atoms with van der Waals surface area (Å²) < 4.78 is 124. The van der Waals surface area contributed by atoms with Crippen LogP contribution >= 0.6 is 34.0 Å². The van der Waals surface area contributed by atoms with Crippen LogP contribution in [-0.2, 0) is 126 Å². The summed E-state index contributed by atoms with van der Waals surface area (Å²) in [7, 11) is -14.9. The lowest BCUT2D eigenvalue weighted by Crippen LogP contribution is -2.76. The van der Waals surface area contributed by atoms with Crippen LogP contribution in [0.25, 0.3) is 0 Å². The van der Waals surface area contributed by atoms with Gasteiger partial charge in [0.15, 0.2) is 70.2 Å². The van der Waals surface area contributed by atoms with Gasteiger partial charge in [0.25, 0.3) is 35.4 Å². The van der Waals surface area contributed by atoms with Crippen LogP contribution in [0.4, 0.5) is 15.4 Å². The molecular weight excluding hydrogens is 1910 g/mol. The third-order valence-corrected chi connectivity index (χ3v) is 24.0. The maximum absolute atomic E-state index is 13.1. The van der Waals surface area contributed by atoms with Gasteiger partial charge >= 0.3 is 31.2 Å². The summed E-state index contributed by atoms with van der Waals surface area (Å²) in [6.45, 7) is 16.4. The Labute approximate surface area is 792 Å². The number of aromatic nitrogens is 3. The van der Waals surface area contributed by atoms with Crippen LogP contribution in [0.1, 0.15) is 111 Å². The molecule has 3 aromatic heterocycles. The fourth-order valence-electron chi connectivity index (χ4n) is 13.9. The fraction of sp³-hybridized carbons (Fsp3) is 0.468. The van der Waals surface area contributed by atoms with Crippen molar-refractivity contribution in [1.82, 2.24) is 60.8 Å². The zero-order valence-corrected chi connectivity index (χ0v) is 79.3. The van der Waals surface area contributed by atoms with Crippen molar-refractivity contribution >= 4 is 164 Å². The van der Waals surface area contributed by atoms with E-state index in [9.17, 15) is 54.0 Å². The topological polar surface area (TPSA) is 776 Å². The Morgan fingerprint density at radius 1 is 0.449 bits per heavy atom. The first kappa shape index (κ1) is 105. The molecule has 0 unspecified atom stereocenters. The van der Waals surface area contributed by atoms with Gasteiger partial charge in [0, 0.05) is 88.1 Å². The Hall–Kier alpha value is -13.1. The van der Waals surface area contributed by atoms with Crippen molar-refractivity contribution in [1.29, 1.82) is 0 Å². The van der Waals surface area contributed by atoms with Crippen molar-refractivity contribution < 1.29 is 109 Å². The molecule has 59 heteroatoms. The van der Waals surface area contributed by atoms with E-state index in [-0.39, 0.29) is 89.3 Å². The van der Waals surface area contributed by atoms with Crippen LogP contribution in [0, 0.1) is 0 Å². The maximum atomic E-state index is 13.1. The van der Waals surface area contributed by atoms with E-state index in [1.54, 1.807) is 0 Å². The smallest absolute Gasteiger partial charge is 0.418 e. The van der Waals surface area contributed by atoms with Crippen LogP contribution in [0.15, 0.2) is 111 Å². The van der Waals surface area contributed by atoms with E-state index in [0.717, 1.165) is 112 Å². The number of nitrogens with zero attached hydrogens (tertiary/aromatic N) is 17. The second-order valence-corrected chi connectivity index (χ2v) is 37.3. The Kier molecular flexibility index (Phi) is 36.2. The molecule has 24 N–H and O–H groups in total. The SMILES string of the molecule is CC1(C)[C@H](NC(=O)/C(=N\OCCOc2ccc3c(c2)CCN(C(N)=NCCCN)C3)c2csc(N)n2)C(=O)N1OS(=O)(=O)O.CC1(C)[C@H](NC(=O)/C(=N\OCCOc2ccc3c(c2)CCN(C(N)=NCCCN=CN)C3)c2csc(N)n2)C(=O)N1OS(=O)(=O)O.CC1(C)[C@H](NC(=O)/C(=N\OCCOc2ccc3c(c2)CCN(C(N)=NCCCN=CN)C3)c2csc(N)n2)C(=O)N1OS(=O)(=O)O. The van der Waals surface area contributed by atoms with Gasteiger partial charge in [0.1, 0.15) is 72.3 Å². The number of β-lactam (4-membered cyclic amide) rings is 3. The second-order valence-electron chi connectivity index (χ2n) is 31.6. The molecule has 3 aromatic carbocycles. The Morgan fingerprint density at radius 3 is 0.971 bits per heavy atom. The molecule has 6 aliphatic heterocycles. The third-order valence-electron chi connectivity index (χ3n) is 20.9. The van der Waals surface area contributed by atoms with Gasteiger partial charge in [-0.3, -0.25) is 67.4 Å². The van der Waals surface area contributed by atoms with Gasteiger partial charge in [-0.05, 0) is 156 Å². The van der Waals surface area contributed by atoms with E-state index >= 15 is 0 Å². The van der Waals surface area contributed by atoms with E-state index in [0.29, 0.717) is 122 Å². The van der Waals surface area contributed by atoms with Crippen molar-refractivity contribution in [2.45, 2.75) is 134 Å². The number of carbonyl (C=O) groups is 6. The van der Waals surface area contributed by atoms with Crippen LogP contribution in [-0.4, -0.2) is 300 Å². The Balaban J connectivity index is 0.000000211. The average molecular weight is 2020 g/mol.